The molecule has 1 aliphatic rings. The molecule has 5 N–H and O–H groups in total. The van der Waals surface area contributed by atoms with Crippen molar-refractivity contribution in [2.45, 2.75) is 44.6 Å². The van der Waals surface area contributed by atoms with Gasteiger partial charge in [0, 0.05) is 42.4 Å². The Morgan fingerprint density at radius 1 is 1.09 bits per heavy atom. The van der Waals surface area contributed by atoms with Gasteiger partial charge in [0.15, 0.2) is 0 Å². The van der Waals surface area contributed by atoms with Gasteiger partial charge in [0.1, 0.15) is 12.2 Å². The van der Waals surface area contributed by atoms with Crippen LogP contribution in [-0.2, 0) is 11.3 Å². The fourth-order valence-corrected chi connectivity index (χ4v) is 3.59. The molecule has 8 heteroatoms. The molecular formula is C25H29FN4O3. The summed E-state index contributed by atoms with van der Waals surface area (Å²) >= 11 is 0. The molecule has 1 saturated heterocycles. The summed E-state index contributed by atoms with van der Waals surface area (Å²) in [7, 11) is 0. The first-order valence-electron chi connectivity index (χ1n) is 10.9. The van der Waals surface area contributed by atoms with Crippen LogP contribution in [-0.4, -0.2) is 53.3 Å². The van der Waals surface area contributed by atoms with Crippen molar-refractivity contribution in [3.05, 3.63) is 70.8 Å². The molecule has 0 radical (unpaired) electrons. The number of halogens is 1. The van der Waals surface area contributed by atoms with Crippen molar-refractivity contribution in [1.29, 1.82) is 0 Å². The zero-order valence-electron chi connectivity index (χ0n) is 18.6. The third kappa shape index (κ3) is 7.12. The Morgan fingerprint density at radius 3 is 2.15 bits per heavy atom. The molecule has 0 spiro atoms. The summed E-state index contributed by atoms with van der Waals surface area (Å²) in [5, 5.41) is 11.3. The summed E-state index contributed by atoms with van der Waals surface area (Å²) in [6.07, 6.45) is 0.547. The number of benzene rings is 2. The number of rotatable bonds is 6. The summed E-state index contributed by atoms with van der Waals surface area (Å²) in [6, 6.07) is 12.9. The molecule has 0 bridgehead atoms. The highest BCUT2D eigenvalue weighted by Gasteiger charge is 2.24. The predicted octanol–water partition coefficient (Wildman–Crippen LogP) is 1.97. The van der Waals surface area contributed by atoms with Gasteiger partial charge >= 0.3 is 0 Å². The van der Waals surface area contributed by atoms with Gasteiger partial charge in [0.25, 0.3) is 11.8 Å². The van der Waals surface area contributed by atoms with Crippen LogP contribution >= 0.6 is 0 Å². The number of likely N-dealkylation sites (tertiary alicyclic amines) is 1. The first-order chi connectivity index (χ1) is 15.9. The van der Waals surface area contributed by atoms with Crippen LogP contribution < -0.4 is 16.5 Å². The molecule has 2 aromatic carbocycles. The summed E-state index contributed by atoms with van der Waals surface area (Å²) in [5.41, 5.74) is 10.3. The first-order valence-corrected chi connectivity index (χ1v) is 10.9. The van der Waals surface area contributed by atoms with Crippen LogP contribution in [0.5, 0.6) is 0 Å². The molecule has 1 aliphatic heterocycles. The highest BCUT2D eigenvalue weighted by molar-refractivity contribution is 5.97. The lowest BCUT2D eigenvalue weighted by molar-refractivity contribution is -0.131. The molecular weight excluding hydrogens is 423 g/mol. The number of alkyl halides is 1. The monoisotopic (exact) mass is 452 g/mol. The van der Waals surface area contributed by atoms with Gasteiger partial charge in [0.05, 0.1) is 0 Å². The van der Waals surface area contributed by atoms with E-state index in [1.54, 1.807) is 31.2 Å². The zero-order valence-corrected chi connectivity index (χ0v) is 18.6. The number of amides is 2. The number of carbonyl (C=O) groups excluding carboxylic acids is 2. The molecule has 174 valence electrons. The lowest BCUT2D eigenvalue weighted by atomic mass is 10.1. The van der Waals surface area contributed by atoms with Crippen molar-refractivity contribution in [3.8, 4) is 11.8 Å². The van der Waals surface area contributed by atoms with Crippen LogP contribution in [0, 0.1) is 11.8 Å². The fourth-order valence-electron chi connectivity index (χ4n) is 3.59. The van der Waals surface area contributed by atoms with Gasteiger partial charge in [-0.3, -0.25) is 19.7 Å². The Hall–Kier alpha value is -3.25. The van der Waals surface area contributed by atoms with Gasteiger partial charge in [-0.1, -0.05) is 24.0 Å². The van der Waals surface area contributed by atoms with E-state index in [1.165, 1.54) is 11.0 Å². The summed E-state index contributed by atoms with van der Waals surface area (Å²) < 4.78 is 13.3. The van der Waals surface area contributed by atoms with Gasteiger partial charge in [0.2, 0.25) is 0 Å². The second-order valence-electron chi connectivity index (χ2n) is 8.26. The first kappa shape index (κ1) is 24.4. The minimum atomic E-state index is -1.06. The average molecular weight is 453 g/mol. The van der Waals surface area contributed by atoms with E-state index < -0.39 is 30.1 Å². The molecule has 7 nitrogen and oxygen atoms in total. The lowest BCUT2D eigenvalue weighted by Gasteiger charge is -2.28. The number of carbonyl (C=O) groups is 2. The van der Waals surface area contributed by atoms with Crippen LogP contribution in [0.25, 0.3) is 0 Å². The SMILES string of the molecule is CC(N)C(NC(=O)c1ccc(C#Cc2ccc(CN3CCC(F)CC3)cc2)cc1)C(=O)NO. The lowest BCUT2D eigenvalue weighted by Crippen LogP contribution is -2.54. The molecule has 1 fully saturated rings. The second kappa shape index (κ2) is 11.6. The summed E-state index contributed by atoms with van der Waals surface area (Å²) in [5.74, 6) is 4.91. The third-order valence-corrected chi connectivity index (χ3v) is 5.58. The number of piperidine rings is 1. The van der Waals surface area contributed by atoms with Gasteiger partial charge in [-0.2, -0.15) is 0 Å². The predicted molar refractivity (Wildman–Crippen MR) is 123 cm³/mol. The summed E-state index contributed by atoms with van der Waals surface area (Å²) in [6.45, 7) is 3.95. The number of nitrogens with two attached hydrogens (primary N) is 1. The molecule has 0 aliphatic carbocycles. The van der Waals surface area contributed by atoms with Crippen molar-refractivity contribution >= 4 is 11.8 Å². The largest absolute Gasteiger partial charge is 0.339 e. The van der Waals surface area contributed by atoms with E-state index in [9.17, 15) is 14.0 Å². The third-order valence-electron chi connectivity index (χ3n) is 5.58. The summed E-state index contributed by atoms with van der Waals surface area (Å²) in [4.78, 5) is 26.3. The quantitative estimate of drug-likeness (QED) is 0.305. The number of nitrogens with zero attached hydrogens (tertiary/aromatic N) is 1. The average Bonchev–Trinajstić information content (AvgIpc) is 2.83. The van der Waals surface area contributed by atoms with Crippen molar-refractivity contribution in [1.82, 2.24) is 15.7 Å². The molecule has 2 aromatic rings. The van der Waals surface area contributed by atoms with E-state index >= 15 is 0 Å². The number of hydroxylamine groups is 1. The Morgan fingerprint density at radius 2 is 1.64 bits per heavy atom. The normalized spacial score (nSPS) is 16.2. The van der Waals surface area contributed by atoms with E-state index in [0.717, 1.165) is 30.8 Å². The molecule has 0 aromatic heterocycles. The van der Waals surface area contributed by atoms with E-state index in [4.69, 9.17) is 10.9 Å². The van der Waals surface area contributed by atoms with Crippen molar-refractivity contribution < 1.29 is 19.2 Å². The van der Waals surface area contributed by atoms with Crippen molar-refractivity contribution in [2.75, 3.05) is 13.1 Å². The van der Waals surface area contributed by atoms with Gasteiger partial charge in [-0.15, -0.1) is 0 Å². The maximum Gasteiger partial charge on any atom is 0.267 e. The van der Waals surface area contributed by atoms with E-state index in [0.29, 0.717) is 18.4 Å². The van der Waals surface area contributed by atoms with Crippen LogP contribution in [0.3, 0.4) is 0 Å². The highest BCUT2D eigenvalue weighted by Crippen LogP contribution is 2.16. The van der Waals surface area contributed by atoms with E-state index in [2.05, 4.69) is 22.1 Å². The van der Waals surface area contributed by atoms with E-state index in [-0.39, 0.29) is 0 Å². The van der Waals surface area contributed by atoms with E-state index in [1.807, 2.05) is 24.3 Å². The Balaban J connectivity index is 1.57. The molecule has 2 unspecified atom stereocenters. The van der Waals surface area contributed by atoms with Gasteiger partial charge in [-0.25, -0.2) is 9.87 Å². The minimum Gasteiger partial charge on any atom is -0.339 e. The molecule has 2 amide bonds. The van der Waals surface area contributed by atoms with Crippen LogP contribution in [0.1, 0.15) is 46.8 Å². The Bertz CT molecular complexity index is 1000. The van der Waals surface area contributed by atoms with Crippen LogP contribution in [0.15, 0.2) is 48.5 Å². The number of hydrogen-bond donors (Lipinski definition) is 4. The minimum absolute atomic E-state index is 0.345. The maximum atomic E-state index is 13.3. The highest BCUT2D eigenvalue weighted by atomic mass is 19.1. The standard InChI is InChI=1S/C25H29FN4O3/c1-17(27)23(25(32)29-33)28-24(31)21-10-8-19(9-11-21)3-2-18-4-6-20(7-5-18)16-30-14-12-22(26)13-15-30/h4-11,17,22-23,33H,12-16,27H2,1H3,(H,28,31)(H,29,32). The molecule has 0 saturated carbocycles. The van der Waals surface area contributed by atoms with Crippen molar-refractivity contribution in [2.24, 2.45) is 5.73 Å². The fraction of sp³-hybridized carbons (Fsp3) is 0.360. The Labute approximate surface area is 193 Å². The topological polar surface area (TPSA) is 108 Å². The molecule has 1 heterocycles. The van der Waals surface area contributed by atoms with Gasteiger partial charge in [-0.05, 0) is 61.7 Å². The van der Waals surface area contributed by atoms with Crippen LogP contribution in [0.4, 0.5) is 4.39 Å². The number of nitrogens with one attached hydrogen (secondary N) is 2. The molecule has 2 atom stereocenters. The number of hydrogen-bond acceptors (Lipinski definition) is 5. The maximum absolute atomic E-state index is 13.3. The second-order valence-corrected chi connectivity index (χ2v) is 8.26. The Kier molecular flexibility index (Phi) is 8.55. The van der Waals surface area contributed by atoms with Crippen LogP contribution in [0.2, 0.25) is 0 Å². The smallest absolute Gasteiger partial charge is 0.267 e. The molecule has 33 heavy (non-hydrogen) atoms. The van der Waals surface area contributed by atoms with Crippen molar-refractivity contribution in [3.63, 3.8) is 0 Å². The van der Waals surface area contributed by atoms with Gasteiger partial charge < -0.3 is 11.1 Å². The molecule has 3 rings (SSSR count). The zero-order chi connectivity index (χ0) is 23.8.